The number of amides is 1. The zero-order chi connectivity index (χ0) is 27.3. The maximum absolute atomic E-state index is 12.8. The lowest BCUT2D eigenvalue weighted by Gasteiger charge is -2.17. The van der Waals surface area contributed by atoms with Gasteiger partial charge in [0.05, 0.1) is 0 Å². The molecule has 2 aromatic heterocycles. The molecule has 0 aliphatic carbocycles. The van der Waals surface area contributed by atoms with Crippen molar-refractivity contribution in [1.29, 1.82) is 0 Å². The van der Waals surface area contributed by atoms with Crippen molar-refractivity contribution in [2.75, 3.05) is 5.32 Å². The van der Waals surface area contributed by atoms with E-state index < -0.39 is 20.3 Å². The van der Waals surface area contributed by atoms with E-state index in [1.807, 2.05) is 22.8 Å². The fourth-order valence-corrected chi connectivity index (χ4v) is 4.63. The van der Waals surface area contributed by atoms with E-state index in [2.05, 4.69) is 67.5 Å². The molecule has 2 heterocycles. The Balaban J connectivity index is 0.000000830. The predicted molar refractivity (Wildman–Crippen MR) is 120 cm³/mol. The third kappa shape index (κ3) is 9.15. The number of carbonyl (C=O) groups is 1. The molecular formula is C21H26ClN5O7S2. The van der Waals surface area contributed by atoms with Crippen LogP contribution < -0.4 is 33.7 Å². The quantitative estimate of drug-likeness (QED) is 0.248. The predicted octanol–water partition coefficient (Wildman–Crippen LogP) is -1.73. The van der Waals surface area contributed by atoms with Gasteiger partial charge in [0.1, 0.15) is 0 Å². The number of primary sulfonamides is 1. The summed E-state index contributed by atoms with van der Waals surface area (Å²) >= 11 is 0.723. The summed E-state index contributed by atoms with van der Waals surface area (Å²) < 4.78 is 58.4. The molecule has 0 aliphatic heterocycles. The van der Waals surface area contributed by atoms with Crippen LogP contribution in [0.5, 0.6) is 0 Å². The molecule has 36 heavy (non-hydrogen) atoms. The van der Waals surface area contributed by atoms with E-state index in [1.165, 1.54) is 0 Å². The molecule has 1 aromatic carbocycles. The first kappa shape index (κ1) is 29.7. The summed E-state index contributed by atoms with van der Waals surface area (Å²) in [4.78, 5) is 12.8. The lowest BCUT2D eigenvalue weighted by Crippen LogP contribution is -2.68. The average molecular weight is 560 g/mol. The lowest BCUT2D eigenvalue weighted by atomic mass is 9.97. The summed E-state index contributed by atoms with van der Waals surface area (Å²) in [7, 11) is -8.90. The van der Waals surface area contributed by atoms with Crippen molar-refractivity contribution in [3.63, 3.8) is 0 Å². The number of benzene rings is 1. The van der Waals surface area contributed by atoms with Crippen molar-refractivity contribution in [2.45, 2.75) is 50.4 Å². The molecule has 0 unspecified atom stereocenters. The monoisotopic (exact) mass is 559 g/mol. The summed E-state index contributed by atoms with van der Waals surface area (Å²) in [5, 5.41) is 15.0. The van der Waals surface area contributed by atoms with Crippen LogP contribution in [-0.4, -0.2) is 24.5 Å². The second-order valence-corrected chi connectivity index (χ2v) is 11.7. The number of hydrogen-bond acceptors (Lipinski definition) is 10. The standard InChI is InChI=1S/C21H25N5O3S2.ClHO4/c1-13(2)17-10-16(15-8-6-5-7-9-15)11-18(14(3)4)26(17)12-19(27)23-20-24-25-21(30-20)31(22,28)29;2-1(3,4)5/h5-11,13-14H,12H2,1-4H3,(H2-,22,23,24,27,28,29);(H,2,3,4,5). The van der Waals surface area contributed by atoms with Crippen molar-refractivity contribution in [3.05, 3.63) is 53.9 Å². The molecule has 3 aromatic rings. The molecule has 196 valence electrons. The van der Waals surface area contributed by atoms with E-state index in [1.54, 1.807) is 0 Å². The molecule has 0 radical (unpaired) electrons. The van der Waals surface area contributed by atoms with Gasteiger partial charge in [-0.25, -0.2) is 32.2 Å². The van der Waals surface area contributed by atoms with Crippen LogP contribution in [0.15, 0.2) is 46.8 Å². The summed E-state index contributed by atoms with van der Waals surface area (Å²) in [5.74, 6) is 0.0485. The van der Waals surface area contributed by atoms with Crippen LogP contribution in [0, 0.1) is 10.2 Å². The van der Waals surface area contributed by atoms with E-state index in [0.717, 1.165) is 33.9 Å². The number of rotatable bonds is 7. The fourth-order valence-electron chi connectivity index (χ4n) is 3.28. The number of nitrogens with one attached hydrogen (secondary N) is 1. The molecule has 1 amide bonds. The molecule has 3 rings (SSSR count). The van der Waals surface area contributed by atoms with Gasteiger partial charge < -0.3 is 0 Å². The number of sulfonamides is 1. The Labute approximate surface area is 214 Å². The summed E-state index contributed by atoms with van der Waals surface area (Å²) in [5.41, 5.74) is 4.28. The Morgan fingerprint density at radius 2 is 1.50 bits per heavy atom. The van der Waals surface area contributed by atoms with Crippen molar-refractivity contribution in [1.82, 2.24) is 10.2 Å². The van der Waals surface area contributed by atoms with Gasteiger partial charge in [0.25, 0.3) is 15.9 Å². The Morgan fingerprint density at radius 3 is 1.92 bits per heavy atom. The number of nitrogens with zero attached hydrogens (tertiary/aromatic N) is 3. The zero-order valence-electron chi connectivity index (χ0n) is 19.9. The third-order valence-electron chi connectivity index (χ3n) is 4.72. The SMILES string of the molecule is CC(C)c1cc(-c2ccccc2)cc(C(C)C)[n+]1CC(=O)Nc1nnc(S(N)(=O)=O)s1.[O-][Cl+3]([O-])([O-])[O-]. The number of anilines is 1. The first-order chi connectivity index (χ1) is 16.6. The molecule has 15 heteroatoms. The largest absolute Gasteiger partial charge is 0.295 e. The average Bonchev–Trinajstić information content (AvgIpc) is 3.21. The number of nitrogens with two attached hydrogens (primary N) is 1. The minimum absolute atomic E-state index is 0.0698. The summed E-state index contributed by atoms with van der Waals surface area (Å²) in [6, 6.07) is 14.4. The maximum Gasteiger partial charge on any atom is 0.292 e. The molecule has 0 spiro atoms. The zero-order valence-corrected chi connectivity index (χ0v) is 22.3. The van der Waals surface area contributed by atoms with Gasteiger partial charge in [-0.15, -0.1) is 20.4 Å². The number of hydrogen-bond donors (Lipinski definition) is 2. The maximum atomic E-state index is 12.8. The fraction of sp³-hybridized carbons (Fsp3) is 0.333. The van der Waals surface area contributed by atoms with Crippen LogP contribution in [0.3, 0.4) is 0 Å². The summed E-state index contributed by atoms with van der Waals surface area (Å²) in [6.07, 6.45) is 0. The van der Waals surface area contributed by atoms with Crippen LogP contribution in [0.25, 0.3) is 11.1 Å². The molecule has 3 N–H and O–H groups in total. The van der Waals surface area contributed by atoms with Gasteiger partial charge >= 0.3 is 0 Å². The first-order valence-electron chi connectivity index (χ1n) is 10.5. The molecule has 0 aliphatic rings. The van der Waals surface area contributed by atoms with E-state index >= 15 is 0 Å². The highest BCUT2D eigenvalue weighted by Crippen LogP contribution is 2.26. The smallest absolute Gasteiger partial charge is 0.292 e. The van der Waals surface area contributed by atoms with E-state index in [0.29, 0.717) is 0 Å². The second kappa shape index (κ2) is 12.1. The van der Waals surface area contributed by atoms with E-state index in [4.69, 9.17) is 23.8 Å². The number of carbonyl (C=O) groups excluding carboxylic acids is 1. The van der Waals surface area contributed by atoms with Crippen molar-refractivity contribution >= 4 is 32.4 Å². The van der Waals surface area contributed by atoms with Gasteiger partial charge in [-0.2, -0.15) is 4.57 Å². The minimum Gasteiger partial charge on any atom is -0.295 e. The molecule has 0 atom stereocenters. The molecule has 0 saturated heterocycles. The number of pyridine rings is 1. The highest BCUT2D eigenvalue weighted by atomic mass is 35.7. The Bertz CT molecular complexity index is 1260. The van der Waals surface area contributed by atoms with Gasteiger partial charge in [-0.05, 0) is 11.1 Å². The van der Waals surface area contributed by atoms with E-state index in [-0.39, 0.29) is 33.8 Å². The van der Waals surface area contributed by atoms with E-state index in [9.17, 15) is 13.2 Å². The van der Waals surface area contributed by atoms with Gasteiger partial charge in [-0.1, -0.05) is 69.4 Å². The van der Waals surface area contributed by atoms with Crippen molar-refractivity contribution < 1.29 is 46.7 Å². The molecule has 0 fully saturated rings. The van der Waals surface area contributed by atoms with Crippen molar-refractivity contribution in [2.24, 2.45) is 5.14 Å². The van der Waals surface area contributed by atoms with Crippen LogP contribution in [0.2, 0.25) is 0 Å². The van der Waals surface area contributed by atoms with Gasteiger partial charge in [0, 0.05) is 24.0 Å². The van der Waals surface area contributed by atoms with Crippen LogP contribution in [0.4, 0.5) is 5.13 Å². The lowest BCUT2D eigenvalue weighted by molar-refractivity contribution is -2.00. The molecule has 0 saturated carbocycles. The number of halogens is 1. The Hall–Kier alpha value is -2.56. The van der Waals surface area contributed by atoms with Gasteiger partial charge in [-0.3, -0.25) is 10.1 Å². The van der Waals surface area contributed by atoms with Crippen LogP contribution in [-0.2, 0) is 21.4 Å². The number of aromatic nitrogens is 3. The molecule has 12 nitrogen and oxygen atoms in total. The highest BCUT2D eigenvalue weighted by Gasteiger charge is 2.27. The van der Waals surface area contributed by atoms with Crippen molar-refractivity contribution in [3.8, 4) is 11.1 Å². The minimum atomic E-state index is -4.94. The summed E-state index contributed by atoms with van der Waals surface area (Å²) in [6.45, 7) is 8.43. The molecule has 0 bridgehead atoms. The Morgan fingerprint density at radius 1 is 1.00 bits per heavy atom. The third-order valence-corrected chi connectivity index (χ3v) is 6.87. The van der Waals surface area contributed by atoms with Crippen LogP contribution in [0.1, 0.15) is 50.9 Å². The van der Waals surface area contributed by atoms with Gasteiger partial charge in [0.15, 0.2) is 11.4 Å². The van der Waals surface area contributed by atoms with Gasteiger partial charge in [0.2, 0.25) is 16.0 Å². The Kier molecular flexibility index (Phi) is 9.99. The second-order valence-electron chi connectivity index (χ2n) is 8.20. The topological polar surface area (TPSA) is 211 Å². The first-order valence-corrected chi connectivity index (χ1v) is 14.1. The van der Waals surface area contributed by atoms with Crippen LogP contribution >= 0.6 is 11.3 Å². The highest BCUT2D eigenvalue weighted by molar-refractivity contribution is 7.91. The molecular weight excluding hydrogens is 534 g/mol. The normalized spacial score (nSPS) is 11.9.